The van der Waals surface area contributed by atoms with Crippen LogP contribution in [0.1, 0.15) is 21.7 Å². The van der Waals surface area contributed by atoms with Crippen molar-refractivity contribution in [2.45, 2.75) is 13.3 Å². The highest BCUT2D eigenvalue weighted by Crippen LogP contribution is 2.33. The van der Waals surface area contributed by atoms with Crippen LogP contribution in [-0.4, -0.2) is 37.2 Å². The zero-order chi connectivity index (χ0) is 26.1. The molecule has 1 amide bonds. The van der Waals surface area contributed by atoms with Gasteiger partial charge in [-0.2, -0.15) is 5.10 Å². The highest BCUT2D eigenvalue weighted by Gasteiger charge is 2.17. The van der Waals surface area contributed by atoms with Gasteiger partial charge in [-0.25, -0.2) is 14.6 Å². The molecule has 186 valence electrons. The molecule has 4 heterocycles. The number of aryl methyl sites for hydroxylation is 1. The van der Waals surface area contributed by atoms with Crippen molar-refractivity contribution in [3.63, 3.8) is 0 Å². The molecule has 38 heavy (non-hydrogen) atoms. The Bertz CT molecular complexity index is 1790. The number of carbonyl (C=O) groups excluding carboxylic acids is 1. The Morgan fingerprint density at radius 2 is 1.82 bits per heavy atom. The average molecular weight is 500 g/mol. The van der Waals surface area contributed by atoms with Gasteiger partial charge in [-0.15, -0.1) is 0 Å². The third-order valence-corrected chi connectivity index (χ3v) is 6.58. The van der Waals surface area contributed by atoms with E-state index in [0.717, 1.165) is 55.7 Å². The van der Waals surface area contributed by atoms with E-state index in [1.54, 1.807) is 12.4 Å². The lowest BCUT2D eigenvalue weighted by Crippen LogP contribution is -2.18. The van der Waals surface area contributed by atoms with Gasteiger partial charge in [-0.05, 0) is 60.9 Å². The van der Waals surface area contributed by atoms with Gasteiger partial charge in [-0.3, -0.25) is 9.78 Å². The lowest BCUT2D eigenvalue weighted by molar-refractivity contribution is 0.0994. The van der Waals surface area contributed by atoms with Gasteiger partial charge >= 0.3 is 0 Å². The van der Waals surface area contributed by atoms with Crippen molar-refractivity contribution in [3.05, 3.63) is 108 Å². The summed E-state index contributed by atoms with van der Waals surface area (Å²) in [6, 6.07) is 24.0. The maximum atomic E-state index is 12.1. The molecule has 0 bridgehead atoms. The number of aromatic nitrogens is 5. The number of amides is 1. The molecule has 6 rings (SSSR count). The second-order valence-electron chi connectivity index (χ2n) is 9.07. The Balaban J connectivity index is 1.39. The van der Waals surface area contributed by atoms with Crippen molar-refractivity contribution in [1.82, 2.24) is 24.7 Å². The topological polar surface area (TPSA) is 112 Å². The summed E-state index contributed by atoms with van der Waals surface area (Å²) < 4.78 is 1.87. The number of rotatable bonds is 7. The number of fused-ring (bicyclic) bond motifs is 2. The normalized spacial score (nSPS) is 11.2. The third kappa shape index (κ3) is 4.32. The maximum Gasteiger partial charge on any atom is 0.267 e. The molecule has 0 radical (unpaired) electrons. The molecule has 8 heteroatoms. The molecular formula is C30H25N7O. The zero-order valence-electron chi connectivity index (χ0n) is 20.8. The van der Waals surface area contributed by atoms with Crippen LogP contribution in [0.4, 0.5) is 5.82 Å². The molecule has 0 saturated heterocycles. The fourth-order valence-electron chi connectivity index (χ4n) is 4.83. The number of nitrogens with zero attached hydrogens (tertiary/aromatic N) is 5. The smallest absolute Gasteiger partial charge is 0.267 e. The summed E-state index contributed by atoms with van der Waals surface area (Å²) in [7, 11) is 0. The molecule has 0 atom stereocenters. The SMILES string of the molecule is Cc1nn(-c2cnc(C(N)=O)c(CCNc3ccccn3)c2)c2cccc(-c3cnc4ccccc4c3)c12. The van der Waals surface area contributed by atoms with Crippen LogP contribution in [0.3, 0.4) is 0 Å². The van der Waals surface area contributed by atoms with Crippen LogP contribution in [0, 0.1) is 6.92 Å². The number of benzene rings is 2. The van der Waals surface area contributed by atoms with Crippen LogP contribution in [0.5, 0.6) is 0 Å². The third-order valence-electron chi connectivity index (χ3n) is 6.58. The first-order valence-corrected chi connectivity index (χ1v) is 12.4. The van der Waals surface area contributed by atoms with Gasteiger partial charge in [0.1, 0.15) is 11.5 Å². The number of carbonyl (C=O) groups is 1. The highest BCUT2D eigenvalue weighted by molar-refractivity contribution is 5.99. The van der Waals surface area contributed by atoms with E-state index in [4.69, 9.17) is 10.8 Å². The summed E-state index contributed by atoms with van der Waals surface area (Å²) in [5.74, 6) is 0.207. The predicted octanol–water partition coefficient (Wildman–Crippen LogP) is 5.09. The van der Waals surface area contributed by atoms with Crippen LogP contribution >= 0.6 is 0 Å². The number of pyridine rings is 3. The summed E-state index contributed by atoms with van der Waals surface area (Å²) in [5.41, 5.74) is 12.3. The minimum absolute atomic E-state index is 0.257. The van der Waals surface area contributed by atoms with Gasteiger partial charge in [0.2, 0.25) is 0 Å². The van der Waals surface area contributed by atoms with Crippen molar-refractivity contribution >= 4 is 33.5 Å². The van der Waals surface area contributed by atoms with E-state index < -0.39 is 5.91 Å². The molecule has 8 nitrogen and oxygen atoms in total. The van der Waals surface area contributed by atoms with Crippen molar-refractivity contribution in [1.29, 1.82) is 0 Å². The van der Waals surface area contributed by atoms with Crippen LogP contribution in [0.2, 0.25) is 0 Å². The Hall–Kier alpha value is -5.11. The van der Waals surface area contributed by atoms with E-state index in [0.29, 0.717) is 13.0 Å². The molecule has 0 spiro atoms. The van der Waals surface area contributed by atoms with E-state index >= 15 is 0 Å². The minimum Gasteiger partial charge on any atom is -0.370 e. The lowest BCUT2D eigenvalue weighted by Gasteiger charge is -2.11. The predicted molar refractivity (Wildman–Crippen MR) is 149 cm³/mol. The molecule has 0 aliphatic heterocycles. The van der Waals surface area contributed by atoms with Crippen LogP contribution in [-0.2, 0) is 6.42 Å². The number of para-hydroxylation sites is 1. The fraction of sp³-hybridized carbons (Fsp3) is 0.100. The van der Waals surface area contributed by atoms with Gasteiger partial charge in [0.15, 0.2) is 0 Å². The van der Waals surface area contributed by atoms with Gasteiger partial charge < -0.3 is 11.1 Å². The quantitative estimate of drug-likeness (QED) is 0.316. The van der Waals surface area contributed by atoms with Gasteiger partial charge in [0.05, 0.1) is 28.6 Å². The molecule has 6 aromatic rings. The average Bonchev–Trinajstić information content (AvgIpc) is 3.29. The van der Waals surface area contributed by atoms with Gasteiger partial charge in [-0.1, -0.05) is 36.4 Å². The monoisotopic (exact) mass is 499 g/mol. The Kier molecular flexibility index (Phi) is 5.97. The largest absolute Gasteiger partial charge is 0.370 e. The highest BCUT2D eigenvalue weighted by atomic mass is 16.1. The molecule has 0 fully saturated rings. The lowest BCUT2D eigenvalue weighted by atomic mass is 10.0. The summed E-state index contributed by atoms with van der Waals surface area (Å²) in [4.78, 5) is 25.5. The maximum absolute atomic E-state index is 12.1. The van der Waals surface area contributed by atoms with Crippen molar-refractivity contribution < 1.29 is 4.79 Å². The number of hydrogen-bond donors (Lipinski definition) is 2. The van der Waals surface area contributed by atoms with Gasteiger partial charge in [0, 0.05) is 35.3 Å². The van der Waals surface area contributed by atoms with E-state index in [-0.39, 0.29) is 5.69 Å². The number of nitrogens with one attached hydrogen (secondary N) is 1. The van der Waals surface area contributed by atoms with Crippen molar-refractivity contribution in [2.75, 3.05) is 11.9 Å². The number of primary amides is 1. The van der Waals surface area contributed by atoms with Crippen molar-refractivity contribution in [2.24, 2.45) is 5.73 Å². The Labute approximate surface area is 219 Å². The summed E-state index contributed by atoms with van der Waals surface area (Å²) in [6.07, 6.45) is 5.82. The molecule has 0 unspecified atom stereocenters. The summed E-state index contributed by atoms with van der Waals surface area (Å²) in [6.45, 7) is 2.57. The number of hydrogen-bond acceptors (Lipinski definition) is 6. The molecule has 2 aromatic carbocycles. The second-order valence-corrected chi connectivity index (χ2v) is 9.07. The van der Waals surface area contributed by atoms with Gasteiger partial charge in [0.25, 0.3) is 5.91 Å². The standard InChI is InChI=1S/C30H25N7O/c1-19-28-24(22-15-20-7-2-3-9-25(20)34-17-22)8-6-10-26(28)37(36-19)23-16-21(29(30(31)38)35-18-23)12-14-33-27-11-4-5-13-32-27/h2-11,13,15-18H,12,14H2,1H3,(H2,31,38)(H,32,33). The minimum atomic E-state index is -0.558. The Morgan fingerprint density at radius 1 is 0.947 bits per heavy atom. The fourth-order valence-corrected chi connectivity index (χ4v) is 4.83. The van der Waals surface area contributed by atoms with E-state index in [1.165, 1.54) is 0 Å². The molecule has 4 aromatic heterocycles. The second kappa shape index (κ2) is 9.74. The van der Waals surface area contributed by atoms with E-state index in [9.17, 15) is 4.79 Å². The summed E-state index contributed by atoms with van der Waals surface area (Å²) in [5, 5.41) is 10.3. The summed E-state index contributed by atoms with van der Waals surface area (Å²) >= 11 is 0. The first kappa shape index (κ1) is 23.3. The Morgan fingerprint density at radius 3 is 2.66 bits per heavy atom. The molecule has 0 aliphatic carbocycles. The number of anilines is 1. The zero-order valence-corrected chi connectivity index (χ0v) is 20.8. The number of nitrogens with two attached hydrogens (primary N) is 1. The van der Waals surface area contributed by atoms with Crippen molar-refractivity contribution in [3.8, 4) is 16.8 Å². The van der Waals surface area contributed by atoms with Crippen LogP contribution in [0.15, 0.2) is 91.4 Å². The first-order valence-electron chi connectivity index (χ1n) is 12.4. The first-order chi connectivity index (χ1) is 18.6. The van der Waals surface area contributed by atoms with Crippen LogP contribution < -0.4 is 11.1 Å². The molecular weight excluding hydrogens is 474 g/mol. The molecule has 3 N–H and O–H groups in total. The van der Waals surface area contributed by atoms with Crippen LogP contribution in [0.25, 0.3) is 38.6 Å². The molecule has 0 saturated carbocycles. The molecule has 0 aliphatic rings. The van der Waals surface area contributed by atoms with E-state index in [2.05, 4.69) is 38.5 Å². The van der Waals surface area contributed by atoms with E-state index in [1.807, 2.05) is 72.4 Å².